The van der Waals surface area contributed by atoms with Gasteiger partial charge in [-0.2, -0.15) is 0 Å². The van der Waals surface area contributed by atoms with Gasteiger partial charge in [0.05, 0.1) is 23.1 Å². The molecule has 2 aromatic rings. The number of anilines is 1. The fraction of sp³-hybridized carbons (Fsp3) is 0.348. The van der Waals surface area contributed by atoms with E-state index in [4.69, 9.17) is 4.74 Å². The first-order chi connectivity index (χ1) is 14.5. The van der Waals surface area contributed by atoms with Crippen molar-refractivity contribution in [1.82, 2.24) is 0 Å². The molecule has 2 aromatic carbocycles. The van der Waals surface area contributed by atoms with Gasteiger partial charge in [0, 0.05) is 9.65 Å². The maximum atomic E-state index is 13.2. The van der Waals surface area contributed by atoms with Crippen LogP contribution in [0, 0.1) is 23.7 Å². The summed E-state index contributed by atoms with van der Waals surface area (Å²) in [7, 11) is 0. The molecule has 1 heterocycles. The number of hydrogen-bond acceptors (Lipinski definition) is 4. The van der Waals surface area contributed by atoms with Crippen LogP contribution in [0.1, 0.15) is 22.3 Å². The predicted molar refractivity (Wildman–Crippen MR) is 119 cm³/mol. The Hall–Kier alpha value is -1.99. The first-order valence-corrected chi connectivity index (χ1v) is 11.8. The number of ether oxygens (including phenoxy) is 1. The Labute approximate surface area is 191 Å². The highest BCUT2D eigenvalue weighted by atomic mass is 79.9. The molecule has 6 atom stereocenters. The molecular formula is C23H19Br2NO4. The number of hydrogen-bond donors (Lipinski definition) is 0. The van der Waals surface area contributed by atoms with Crippen LogP contribution in [0.15, 0.2) is 54.6 Å². The van der Waals surface area contributed by atoms with Crippen LogP contribution in [0.2, 0.25) is 0 Å². The van der Waals surface area contributed by atoms with E-state index in [1.807, 2.05) is 30.3 Å². The highest BCUT2D eigenvalue weighted by Crippen LogP contribution is 2.60. The van der Waals surface area contributed by atoms with E-state index in [0.717, 1.165) is 12.0 Å². The molecule has 1 aliphatic heterocycles. The van der Waals surface area contributed by atoms with Crippen molar-refractivity contribution in [1.29, 1.82) is 0 Å². The fourth-order valence-electron chi connectivity index (χ4n) is 5.18. The fourth-order valence-corrected chi connectivity index (χ4v) is 7.06. The van der Waals surface area contributed by atoms with E-state index in [1.54, 1.807) is 24.3 Å². The predicted octanol–water partition coefficient (Wildman–Crippen LogP) is 4.33. The van der Waals surface area contributed by atoms with Crippen LogP contribution in [0.5, 0.6) is 0 Å². The zero-order chi connectivity index (χ0) is 21.0. The Bertz CT molecular complexity index is 995. The molecule has 0 unspecified atom stereocenters. The van der Waals surface area contributed by atoms with Gasteiger partial charge < -0.3 is 4.74 Å². The number of halogens is 2. The summed E-state index contributed by atoms with van der Waals surface area (Å²) in [5.74, 6) is -1.05. The molecule has 7 heteroatoms. The second-order valence-electron chi connectivity index (χ2n) is 8.13. The average Bonchev–Trinajstić information content (AvgIpc) is 3.37. The number of nitrogens with zero attached hydrogens (tertiary/aromatic N) is 1. The second kappa shape index (κ2) is 7.61. The zero-order valence-corrected chi connectivity index (χ0v) is 19.1. The van der Waals surface area contributed by atoms with E-state index in [-0.39, 0.29) is 51.7 Å². The van der Waals surface area contributed by atoms with E-state index in [1.165, 1.54) is 4.90 Å². The van der Waals surface area contributed by atoms with E-state index in [9.17, 15) is 14.4 Å². The van der Waals surface area contributed by atoms with Gasteiger partial charge in [-0.3, -0.25) is 14.5 Å². The van der Waals surface area contributed by atoms with Gasteiger partial charge in [0.2, 0.25) is 11.8 Å². The van der Waals surface area contributed by atoms with Crippen molar-refractivity contribution in [3.63, 3.8) is 0 Å². The number of fused-ring (bicyclic) bond motifs is 5. The number of imide groups is 1. The number of esters is 1. The topological polar surface area (TPSA) is 63.7 Å². The third-order valence-corrected chi connectivity index (χ3v) is 9.75. The molecule has 2 bridgehead atoms. The quantitative estimate of drug-likeness (QED) is 0.334. The minimum atomic E-state index is -0.485. The lowest BCUT2D eigenvalue weighted by atomic mass is 9.81. The van der Waals surface area contributed by atoms with Crippen LogP contribution >= 0.6 is 31.9 Å². The summed E-state index contributed by atoms with van der Waals surface area (Å²) in [6.07, 6.45) is 0.887. The number of benzene rings is 2. The highest BCUT2D eigenvalue weighted by molar-refractivity contribution is 9.12. The minimum Gasteiger partial charge on any atom is -0.457 e. The Morgan fingerprint density at radius 3 is 2.20 bits per heavy atom. The molecule has 5 nitrogen and oxygen atoms in total. The monoisotopic (exact) mass is 531 g/mol. The largest absolute Gasteiger partial charge is 0.457 e. The number of amides is 2. The van der Waals surface area contributed by atoms with Crippen molar-refractivity contribution in [2.24, 2.45) is 23.7 Å². The van der Waals surface area contributed by atoms with Gasteiger partial charge in [0.15, 0.2) is 0 Å². The molecular weight excluding hydrogens is 514 g/mol. The SMILES string of the molecule is O=C(OCc1ccccc1)c1cccc(N2C(=O)[C@@H]3[C@H]4C[C@H]([C@H](Br)[C@@H]4Br)[C@@H]3C2=O)c1. The molecule has 2 saturated carbocycles. The first-order valence-electron chi connectivity index (χ1n) is 9.94. The molecule has 154 valence electrons. The van der Waals surface area contributed by atoms with Gasteiger partial charge >= 0.3 is 5.97 Å². The maximum Gasteiger partial charge on any atom is 0.338 e. The summed E-state index contributed by atoms with van der Waals surface area (Å²) >= 11 is 7.40. The van der Waals surface area contributed by atoms with Gasteiger partial charge in [-0.05, 0) is 42.0 Å². The summed E-state index contributed by atoms with van der Waals surface area (Å²) in [5, 5.41) is 0. The zero-order valence-electron chi connectivity index (χ0n) is 15.9. The molecule has 1 saturated heterocycles. The van der Waals surface area contributed by atoms with Crippen molar-refractivity contribution >= 4 is 55.3 Å². The van der Waals surface area contributed by atoms with Crippen molar-refractivity contribution in [3.8, 4) is 0 Å². The molecule has 30 heavy (non-hydrogen) atoms. The normalized spacial score (nSPS) is 31.9. The van der Waals surface area contributed by atoms with Crippen molar-refractivity contribution in [2.45, 2.75) is 22.7 Å². The van der Waals surface area contributed by atoms with E-state index in [0.29, 0.717) is 11.3 Å². The molecule has 3 fully saturated rings. The van der Waals surface area contributed by atoms with Crippen LogP contribution in [0.4, 0.5) is 5.69 Å². The number of carbonyl (C=O) groups is 3. The Balaban J connectivity index is 1.36. The molecule has 0 aromatic heterocycles. The summed E-state index contributed by atoms with van der Waals surface area (Å²) in [4.78, 5) is 40.5. The summed E-state index contributed by atoms with van der Waals surface area (Å²) in [6, 6.07) is 16.0. The highest BCUT2D eigenvalue weighted by Gasteiger charge is 2.66. The van der Waals surface area contributed by atoms with Gasteiger partial charge in [0.25, 0.3) is 0 Å². The smallest absolute Gasteiger partial charge is 0.338 e. The third-order valence-electron chi connectivity index (χ3n) is 6.54. The van der Waals surface area contributed by atoms with Crippen LogP contribution in [-0.4, -0.2) is 27.4 Å². The van der Waals surface area contributed by atoms with Gasteiger partial charge in [-0.15, -0.1) is 0 Å². The van der Waals surface area contributed by atoms with Crippen LogP contribution < -0.4 is 4.90 Å². The Kier molecular flexibility index (Phi) is 5.06. The molecule has 2 amide bonds. The summed E-state index contributed by atoms with van der Waals surface area (Å²) < 4.78 is 5.39. The second-order valence-corrected chi connectivity index (χ2v) is 10.2. The molecule has 0 spiro atoms. The van der Waals surface area contributed by atoms with Gasteiger partial charge in [-0.1, -0.05) is 68.3 Å². The molecule has 5 rings (SSSR count). The summed E-state index contributed by atoms with van der Waals surface area (Å²) in [6.45, 7) is 0.165. The van der Waals surface area contributed by atoms with Gasteiger partial charge in [0.1, 0.15) is 6.61 Å². The standard InChI is InChI=1S/C23H19Br2NO4/c24-19-15-10-16(20(19)25)18-17(15)21(27)26(22(18)28)14-8-4-7-13(9-14)23(29)30-11-12-5-2-1-3-6-12/h1-9,15-20H,10-11H2/t15-,16+,17-,18+,19-,20+. The van der Waals surface area contributed by atoms with Crippen LogP contribution in [-0.2, 0) is 20.9 Å². The number of rotatable bonds is 4. The van der Waals surface area contributed by atoms with Crippen molar-refractivity contribution in [2.75, 3.05) is 4.90 Å². The van der Waals surface area contributed by atoms with E-state index >= 15 is 0 Å². The Morgan fingerprint density at radius 2 is 1.57 bits per heavy atom. The lowest BCUT2D eigenvalue weighted by Crippen LogP contribution is -2.37. The molecule has 0 radical (unpaired) electrons. The first kappa shape index (κ1) is 19.9. The number of alkyl halides is 2. The molecule has 2 aliphatic carbocycles. The van der Waals surface area contributed by atoms with Gasteiger partial charge in [-0.25, -0.2) is 4.79 Å². The molecule has 0 N–H and O–H groups in total. The van der Waals surface area contributed by atoms with Crippen molar-refractivity contribution < 1.29 is 19.1 Å². The van der Waals surface area contributed by atoms with Crippen molar-refractivity contribution in [3.05, 3.63) is 65.7 Å². The third kappa shape index (κ3) is 3.05. The minimum absolute atomic E-state index is 0.156. The molecule has 3 aliphatic rings. The summed E-state index contributed by atoms with van der Waals surface area (Å²) in [5.41, 5.74) is 1.65. The van der Waals surface area contributed by atoms with E-state index in [2.05, 4.69) is 31.9 Å². The number of carbonyl (C=O) groups excluding carboxylic acids is 3. The maximum absolute atomic E-state index is 13.2. The van der Waals surface area contributed by atoms with Crippen LogP contribution in [0.25, 0.3) is 0 Å². The average molecular weight is 533 g/mol. The lowest BCUT2D eigenvalue weighted by Gasteiger charge is -2.28. The van der Waals surface area contributed by atoms with E-state index < -0.39 is 5.97 Å². The van der Waals surface area contributed by atoms with Crippen LogP contribution in [0.3, 0.4) is 0 Å². The Morgan fingerprint density at radius 1 is 0.933 bits per heavy atom. The lowest BCUT2D eigenvalue weighted by molar-refractivity contribution is -0.123.